The minimum atomic E-state index is -0.329. The van der Waals surface area contributed by atoms with Gasteiger partial charge in [-0.25, -0.2) is 4.39 Å². The van der Waals surface area contributed by atoms with E-state index in [0.717, 1.165) is 18.4 Å². The number of anilines is 1. The van der Waals surface area contributed by atoms with E-state index in [1.807, 2.05) is 0 Å². The smallest absolute Gasteiger partial charge is 0.146 e. The van der Waals surface area contributed by atoms with E-state index in [2.05, 4.69) is 6.92 Å². The van der Waals surface area contributed by atoms with Crippen LogP contribution >= 0.6 is 0 Å². The number of rotatable bonds is 2. The van der Waals surface area contributed by atoms with Crippen molar-refractivity contribution in [2.75, 3.05) is 5.73 Å². The molecule has 1 rings (SSSR count). The highest BCUT2D eigenvalue weighted by Gasteiger charge is 1.97. The predicted molar refractivity (Wildman–Crippen MR) is 44.8 cm³/mol. The van der Waals surface area contributed by atoms with Gasteiger partial charge in [0.25, 0.3) is 0 Å². The van der Waals surface area contributed by atoms with Crippen LogP contribution in [0.3, 0.4) is 0 Å². The molecule has 0 radical (unpaired) electrons. The van der Waals surface area contributed by atoms with Crippen LogP contribution in [0.4, 0.5) is 10.1 Å². The minimum Gasteiger partial charge on any atom is -0.396 e. The molecule has 0 spiro atoms. The van der Waals surface area contributed by atoms with E-state index in [9.17, 15) is 4.39 Å². The lowest BCUT2D eigenvalue weighted by atomic mass is 10.1. The quantitative estimate of drug-likeness (QED) is 0.648. The Kier molecular flexibility index (Phi) is 2.47. The maximum Gasteiger partial charge on any atom is 0.146 e. The lowest BCUT2D eigenvalue weighted by Gasteiger charge is -2.00. The van der Waals surface area contributed by atoms with Crippen LogP contribution < -0.4 is 5.73 Å². The Balaban J connectivity index is 2.86. The largest absolute Gasteiger partial charge is 0.396 e. The molecular weight excluding hydrogens is 141 g/mol. The molecule has 0 aliphatic heterocycles. The Hall–Kier alpha value is -1.05. The van der Waals surface area contributed by atoms with Crippen LogP contribution in [0, 0.1) is 5.82 Å². The summed E-state index contributed by atoms with van der Waals surface area (Å²) in [5.74, 6) is -0.329. The number of benzene rings is 1. The summed E-state index contributed by atoms with van der Waals surface area (Å²) >= 11 is 0. The van der Waals surface area contributed by atoms with Crippen molar-refractivity contribution in [3.05, 3.63) is 29.6 Å². The van der Waals surface area contributed by atoms with Gasteiger partial charge in [-0.3, -0.25) is 0 Å². The number of hydrogen-bond donors (Lipinski definition) is 1. The van der Waals surface area contributed by atoms with Gasteiger partial charge in [-0.05, 0) is 24.1 Å². The van der Waals surface area contributed by atoms with Crippen LogP contribution in [0.25, 0.3) is 0 Å². The third-order valence-electron chi connectivity index (χ3n) is 1.60. The van der Waals surface area contributed by atoms with Crippen molar-refractivity contribution >= 4 is 5.69 Å². The highest BCUT2D eigenvalue weighted by atomic mass is 19.1. The molecule has 0 heterocycles. The van der Waals surface area contributed by atoms with Gasteiger partial charge in [0.1, 0.15) is 5.82 Å². The third-order valence-corrected chi connectivity index (χ3v) is 1.60. The van der Waals surface area contributed by atoms with Gasteiger partial charge in [0.2, 0.25) is 0 Å². The summed E-state index contributed by atoms with van der Waals surface area (Å²) < 4.78 is 12.6. The average molecular weight is 153 g/mol. The summed E-state index contributed by atoms with van der Waals surface area (Å²) in [7, 11) is 0. The van der Waals surface area contributed by atoms with Crippen molar-refractivity contribution < 1.29 is 4.39 Å². The first-order valence-electron chi connectivity index (χ1n) is 3.78. The molecule has 2 heteroatoms. The van der Waals surface area contributed by atoms with E-state index in [-0.39, 0.29) is 11.5 Å². The van der Waals surface area contributed by atoms with Gasteiger partial charge in [0.15, 0.2) is 0 Å². The van der Waals surface area contributed by atoms with E-state index in [4.69, 9.17) is 5.73 Å². The Morgan fingerprint density at radius 3 is 2.73 bits per heavy atom. The van der Waals surface area contributed by atoms with Crippen molar-refractivity contribution in [1.29, 1.82) is 0 Å². The number of nitrogens with two attached hydrogens (primary N) is 1. The van der Waals surface area contributed by atoms with Crippen LogP contribution in [-0.4, -0.2) is 0 Å². The first-order valence-corrected chi connectivity index (χ1v) is 3.78. The molecule has 11 heavy (non-hydrogen) atoms. The maximum atomic E-state index is 12.6. The highest BCUT2D eigenvalue weighted by Crippen LogP contribution is 2.13. The Morgan fingerprint density at radius 2 is 2.18 bits per heavy atom. The van der Waals surface area contributed by atoms with Gasteiger partial charge >= 0.3 is 0 Å². The molecule has 0 aromatic heterocycles. The van der Waals surface area contributed by atoms with Gasteiger partial charge < -0.3 is 5.73 Å². The van der Waals surface area contributed by atoms with E-state index < -0.39 is 0 Å². The number of aryl methyl sites for hydroxylation is 1. The third kappa shape index (κ3) is 1.93. The fourth-order valence-corrected chi connectivity index (χ4v) is 1.04. The van der Waals surface area contributed by atoms with E-state index >= 15 is 0 Å². The molecule has 0 atom stereocenters. The molecule has 1 aromatic carbocycles. The van der Waals surface area contributed by atoms with Crippen LogP contribution in [-0.2, 0) is 6.42 Å². The molecule has 1 aromatic rings. The van der Waals surface area contributed by atoms with Crippen molar-refractivity contribution in [2.45, 2.75) is 19.8 Å². The Bertz CT molecular complexity index is 245. The van der Waals surface area contributed by atoms with Crippen LogP contribution in [0.1, 0.15) is 18.9 Å². The molecule has 0 saturated carbocycles. The van der Waals surface area contributed by atoms with E-state index in [1.54, 1.807) is 12.1 Å². The number of nitrogen functional groups attached to an aromatic ring is 1. The van der Waals surface area contributed by atoms with Gasteiger partial charge in [0.05, 0.1) is 5.69 Å². The summed E-state index contributed by atoms with van der Waals surface area (Å²) in [5.41, 5.74) is 6.73. The zero-order valence-electron chi connectivity index (χ0n) is 6.60. The van der Waals surface area contributed by atoms with Gasteiger partial charge in [0, 0.05) is 0 Å². The molecular formula is C9H12FN. The number of halogens is 1. The molecule has 0 bridgehead atoms. The lowest BCUT2D eigenvalue weighted by molar-refractivity contribution is 0.631. The van der Waals surface area contributed by atoms with Crippen LogP contribution in [0.5, 0.6) is 0 Å². The SMILES string of the molecule is CCCc1ccc(F)c(N)c1. The van der Waals surface area contributed by atoms with Crippen molar-refractivity contribution in [3.63, 3.8) is 0 Å². The first kappa shape index (κ1) is 8.05. The molecule has 0 unspecified atom stereocenters. The topological polar surface area (TPSA) is 26.0 Å². The summed E-state index contributed by atoms with van der Waals surface area (Å²) in [5, 5.41) is 0. The molecule has 60 valence electrons. The van der Waals surface area contributed by atoms with Crippen LogP contribution in [0.15, 0.2) is 18.2 Å². The summed E-state index contributed by atoms with van der Waals surface area (Å²) in [6.45, 7) is 2.08. The fraction of sp³-hybridized carbons (Fsp3) is 0.333. The normalized spacial score (nSPS) is 10.0. The second kappa shape index (κ2) is 3.37. The second-order valence-electron chi connectivity index (χ2n) is 2.61. The minimum absolute atomic E-state index is 0.246. The zero-order chi connectivity index (χ0) is 8.27. The fourth-order valence-electron chi connectivity index (χ4n) is 1.04. The van der Waals surface area contributed by atoms with E-state index in [1.165, 1.54) is 6.07 Å². The summed E-state index contributed by atoms with van der Waals surface area (Å²) in [4.78, 5) is 0. The Morgan fingerprint density at radius 1 is 1.45 bits per heavy atom. The zero-order valence-corrected chi connectivity index (χ0v) is 6.60. The second-order valence-corrected chi connectivity index (χ2v) is 2.61. The molecule has 0 amide bonds. The van der Waals surface area contributed by atoms with Gasteiger partial charge in [-0.15, -0.1) is 0 Å². The standard InChI is InChI=1S/C9H12FN/c1-2-3-7-4-5-8(10)9(11)6-7/h4-6H,2-3,11H2,1H3. The van der Waals surface area contributed by atoms with Crippen molar-refractivity contribution in [1.82, 2.24) is 0 Å². The molecule has 0 saturated heterocycles. The highest BCUT2D eigenvalue weighted by molar-refractivity contribution is 5.42. The number of hydrogen-bond acceptors (Lipinski definition) is 1. The maximum absolute atomic E-state index is 12.6. The molecule has 2 N–H and O–H groups in total. The van der Waals surface area contributed by atoms with Gasteiger partial charge in [-0.1, -0.05) is 19.4 Å². The molecule has 1 nitrogen and oxygen atoms in total. The Labute approximate surface area is 66.0 Å². The average Bonchev–Trinajstić information content (AvgIpc) is 1.98. The van der Waals surface area contributed by atoms with Crippen molar-refractivity contribution in [2.24, 2.45) is 0 Å². The molecule has 0 aliphatic carbocycles. The van der Waals surface area contributed by atoms with Gasteiger partial charge in [-0.2, -0.15) is 0 Å². The summed E-state index contributed by atoms with van der Waals surface area (Å²) in [6, 6.07) is 4.88. The monoisotopic (exact) mass is 153 g/mol. The van der Waals surface area contributed by atoms with Crippen LogP contribution in [0.2, 0.25) is 0 Å². The lowest BCUT2D eigenvalue weighted by Crippen LogP contribution is -1.92. The predicted octanol–water partition coefficient (Wildman–Crippen LogP) is 2.36. The molecule has 0 aliphatic rings. The van der Waals surface area contributed by atoms with Crippen molar-refractivity contribution in [3.8, 4) is 0 Å². The summed E-state index contributed by atoms with van der Waals surface area (Å²) in [6.07, 6.45) is 2.02. The molecule has 0 fully saturated rings. The van der Waals surface area contributed by atoms with E-state index in [0.29, 0.717) is 0 Å². The first-order chi connectivity index (χ1) is 5.24.